The van der Waals surface area contributed by atoms with Gasteiger partial charge in [0, 0.05) is 35.9 Å². The zero-order valence-corrected chi connectivity index (χ0v) is 23.2. The minimum Gasteiger partial charge on any atom is -0.491 e. The van der Waals surface area contributed by atoms with Gasteiger partial charge in [-0.3, -0.25) is 9.59 Å². The second-order valence-electron chi connectivity index (χ2n) is 10.00. The van der Waals surface area contributed by atoms with Crippen LogP contribution >= 0.6 is 0 Å². The van der Waals surface area contributed by atoms with Gasteiger partial charge >= 0.3 is 5.97 Å². The number of methoxy groups -OCH3 is 1. The summed E-state index contributed by atoms with van der Waals surface area (Å²) < 4.78 is 22.3. The van der Waals surface area contributed by atoms with Crippen LogP contribution in [0.25, 0.3) is 11.0 Å². The normalized spacial score (nSPS) is 14.6. The molecular formula is C31H40N2O6. The number of ether oxygens (including phenoxy) is 3. The zero-order chi connectivity index (χ0) is 27.6. The molecule has 1 saturated carbocycles. The molecule has 39 heavy (non-hydrogen) atoms. The molecule has 0 bridgehead atoms. The Balaban J connectivity index is 1.50. The van der Waals surface area contributed by atoms with Crippen molar-refractivity contribution in [3.05, 3.63) is 59.4 Å². The maximum absolute atomic E-state index is 12.5. The van der Waals surface area contributed by atoms with Gasteiger partial charge in [-0.1, -0.05) is 19.3 Å². The molecule has 8 nitrogen and oxygen atoms in total. The molecule has 0 aliphatic heterocycles. The molecule has 0 spiro atoms. The first-order chi connectivity index (χ1) is 19.0. The number of carbonyl (C=O) groups is 2. The smallest absolute Gasteiger partial charge is 0.307 e. The van der Waals surface area contributed by atoms with Crippen LogP contribution in [0.3, 0.4) is 0 Å². The van der Waals surface area contributed by atoms with E-state index < -0.39 is 0 Å². The lowest BCUT2D eigenvalue weighted by molar-refractivity contribution is -0.142. The van der Waals surface area contributed by atoms with Gasteiger partial charge in [0.2, 0.25) is 0 Å². The van der Waals surface area contributed by atoms with E-state index in [1.165, 1.54) is 19.3 Å². The average Bonchev–Trinajstić information content (AvgIpc) is 3.28. The fraction of sp³-hybridized carbons (Fsp3) is 0.484. The van der Waals surface area contributed by atoms with Crippen LogP contribution in [0.1, 0.15) is 73.2 Å². The summed E-state index contributed by atoms with van der Waals surface area (Å²) in [7, 11) is 1.66. The molecule has 1 aliphatic rings. The Morgan fingerprint density at radius 1 is 1.05 bits per heavy atom. The molecule has 4 rings (SSSR count). The number of benzene rings is 2. The number of esters is 1. The van der Waals surface area contributed by atoms with Crippen molar-refractivity contribution in [2.24, 2.45) is 5.92 Å². The molecule has 1 aliphatic carbocycles. The van der Waals surface area contributed by atoms with Crippen LogP contribution in [0.5, 0.6) is 5.75 Å². The molecule has 1 heterocycles. The first kappa shape index (κ1) is 28.5. The number of aryl methyl sites for hydroxylation is 1. The van der Waals surface area contributed by atoms with E-state index in [2.05, 4.69) is 17.6 Å². The summed E-state index contributed by atoms with van der Waals surface area (Å²) in [5, 5.41) is 7.56. The summed E-state index contributed by atoms with van der Waals surface area (Å²) in [6, 6.07) is 13.4. The molecule has 2 aromatic carbocycles. The Morgan fingerprint density at radius 3 is 2.54 bits per heavy atom. The lowest BCUT2D eigenvalue weighted by Gasteiger charge is -2.31. The highest BCUT2D eigenvalue weighted by atomic mass is 16.5. The number of hydrogen-bond acceptors (Lipinski definition) is 7. The third-order valence-electron chi connectivity index (χ3n) is 7.29. The number of nitrogens with one attached hydrogen (secondary N) is 2. The van der Waals surface area contributed by atoms with Crippen LogP contribution in [-0.4, -0.2) is 45.4 Å². The van der Waals surface area contributed by atoms with Gasteiger partial charge in [0.25, 0.3) is 5.91 Å². The average molecular weight is 537 g/mol. The molecule has 1 unspecified atom stereocenters. The SMILES string of the molecule is CCOC(=O)CCNC(=O)c1ccc(NC(c2oc3ccc(OCCOC)cc3c2C)C2CCCCC2)cc1. The van der Waals surface area contributed by atoms with Crippen LogP contribution in [0.4, 0.5) is 5.69 Å². The number of anilines is 1. The topological polar surface area (TPSA) is 99.0 Å². The number of fused-ring (bicyclic) bond motifs is 1. The van der Waals surface area contributed by atoms with Crippen molar-refractivity contribution in [3.63, 3.8) is 0 Å². The van der Waals surface area contributed by atoms with Gasteiger partial charge < -0.3 is 29.3 Å². The molecule has 1 amide bonds. The second kappa shape index (κ2) is 14.0. The van der Waals surface area contributed by atoms with Crippen LogP contribution in [0.15, 0.2) is 46.9 Å². The third kappa shape index (κ3) is 7.53. The van der Waals surface area contributed by atoms with Crippen molar-refractivity contribution in [1.82, 2.24) is 5.32 Å². The van der Waals surface area contributed by atoms with Crippen molar-refractivity contribution >= 4 is 28.5 Å². The highest BCUT2D eigenvalue weighted by molar-refractivity contribution is 5.94. The van der Waals surface area contributed by atoms with Crippen LogP contribution in [-0.2, 0) is 14.3 Å². The van der Waals surface area contributed by atoms with Crippen molar-refractivity contribution in [2.45, 2.75) is 58.4 Å². The highest BCUT2D eigenvalue weighted by Gasteiger charge is 2.30. The van der Waals surface area contributed by atoms with Gasteiger partial charge in [-0.25, -0.2) is 0 Å². The summed E-state index contributed by atoms with van der Waals surface area (Å²) in [5.41, 5.74) is 3.43. The van der Waals surface area contributed by atoms with Gasteiger partial charge in [-0.2, -0.15) is 0 Å². The fourth-order valence-corrected chi connectivity index (χ4v) is 5.22. The number of carbonyl (C=O) groups excluding carboxylic acids is 2. The predicted molar refractivity (Wildman–Crippen MR) is 151 cm³/mol. The molecule has 210 valence electrons. The van der Waals surface area contributed by atoms with Crippen molar-refractivity contribution in [3.8, 4) is 5.75 Å². The van der Waals surface area contributed by atoms with Crippen molar-refractivity contribution in [1.29, 1.82) is 0 Å². The fourth-order valence-electron chi connectivity index (χ4n) is 5.22. The van der Waals surface area contributed by atoms with E-state index in [-0.39, 0.29) is 30.9 Å². The Hall–Kier alpha value is -3.52. The lowest BCUT2D eigenvalue weighted by atomic mass is 9.82. The van der Waals surface area contributed by atoms with E-state index in [0.29, 0.717) is 31.3 Å². The van der Waals surface area contributed by atoms with E-state index in [1.807, 2.05) is 30.3 Å². The zero-order valence-electron chi connectivity index (χ0n) is 23.2. The monoisotopic (exact) mass is 536 g/mol. The standard InChI is InChI=1S/C31H40N2O6/c1-4-37-28(34)16-17-32-31(35)23-10-12-24(13-11-23)33-29(22-8-6-5-7-9-22)30-21(2)26-20-25(38-19-18-36-3)14-15-27(26)39-30/h10-15,20,22,29,33H,4-9,16-19H2,1-3H3,(H,32,35). The van der Waals surface area contributed by atoms with Crippen LogP contribution < -0.4 is 15.4 Å². The molecule has 1 fully saturated rings. The number of amides is 1. The van der Waals surface area contributed by atoms with E-state index in [1.54, 1.807) is 26.2 Å². The van der Waals surface area contributed by atoms with Gasteiger partial charge in [0.1, 0.15) is 23.7 Å². The maximum atomic E-state index is 12.5. The summed E-state index contributed by atoms with van der Waals surface area (Å²) >= 11 is 0. The quantitative estimate of drug-likeness (QED) is 0.199. The number of rotatable bonds is 13. The first-order valence-corrected chi connectivity index (χ1v) is 13.9. The van der Waals surface area contributed by atoms with E-state index in [4.69, 9.17) is 18.6 Å². The summed E-state index contributed by atoms with van der Waals surface area (Å²) in [5.74, 6) is 1.66. The molecular weight excluding hydrogens is 496 g/mol. The van der Waals surface area contributed by atoms with Crippen molar-refractivity contribution < 1.29 is 28.2 Å². The summed E-state index contributed by atoms with van der Waals surface area (Å²) in [6.07, 6.45) is 6.13. The van der Waals surface area contributed by atoms with Gasteiger partial charge in [0.05, 0.1) is 25.7 Å². The summed E-state index contributed by atoms with van der Waals surface area (Å²) in [6.45, 7) is 5.48. The molecule has 1 atom stereocenters. The molecule has 0 saturated heterocycles. The number of hydrogen-bond donors (Lipinski definition) is 2. The van der Waals surface area contributed by atoms with E-state index in [0.717, 1.165) is 46.6 Å². The van der Waals surface area contributed by atoms with Crippen molar-refractivity contribution in [2.75, 3.05) is 38.8 Å². The Labute approximate surface area is 230 Å². The minimum atomic E-state index is -0.318. The largest absolute Gasteiger partial charge is 0.491 e. The van der Waals surface area contributed by atoms with E-state index in [9.17, 15) is 9.59 Å². The van der Waals surface area contributed by atoms with Gasteiger partial charge in [0.15, 0.2) is 0 Å². The molecule has 2 N–H and O–H groups in total. The molecule has 1 aromatic heterocycles. The maximum Gasteiger partial charge on any atom is 0.307 e. The lowest BCUT2D eigenvalue weighted by Crippen LogP contribution is -2.26. The Kier molecular flexibility index (Phi) is 10.3. The molecule has 8 heteroatoms. The van der Waals surface area contributed by atoms with Crippen LogP contribution in [0, 0.1) is 12.8 Å². The third-order valence-corrected chi connectivity index (χ3v) is 7.29. The summed E-state index contributed by atoms with van der Waals surface area (Å²) in [4.78, 5) is 24.0. The highest BCUT2D eigenvalue weighted by Crippen LogP contribution is 2.41. The Morgan fingerprint density at radius 2 is 1.82 bits per heavy atom. The van der Waals surface area contributed by atoms with Gasteiger partial charge in [-0.05, 0) is 75.1 Å². The van der Waals surface area contributed by atoms with Gasteiger partial charge in [-0.15, -0.1) is 0 Å². The molecule has 0 radical (unpaired) electrons. The molecule has 3 aromatic rings. The second-order valence-corrected chi connectivity index (χ2v) is 10.00. The first-order valence-electron chi connectivity index (χ1n) is 13.9. The number of furan rings is 1. The predicted octanol–water partition coefficient (Wildman–Crippen LogP) is 6.18. The minimum absolute atomic E-state index is 0.0137. The van der Waals surface area contributed by atoms with Crippen LogP contribution in [0.2, 0.25) is 0 Å². The van der Waals surface area contributed by atoms with E-state index >= 15 is 0 Å². The Bertz CT molecular complexity index is 1230.